The lowest BCUT2D eigenvalue weighted by atomic mass is 10.1. The van der Waals surface area contributed by atoms with Crippen molar-refractivity contribution in [1.29, 1.82) is 0 Å². The van der Waals surface area contributed by atoms with Crippen molar-refractivity contribution in [1.82, 2.24) is 25.4 Å². The zero-order valence-electron chi connectivity index (χ0n) is 13.0. The van der Waals surface area contributed by atoms with Gasteiger partial charge in [0.2, 0.25) is 0 Å². The topological polar surface area (TPSA) is 76.4 Å². The first-order chi connectivity index (χ1) is 10.3. The number of aromatic nitrogens is 3. The number of terminal acetylenes is 1. The third-order valence-electron chi connectivity index (χ3n) is 3.30. The van der Waals surface area contributed by atoms with Crippen LogP contribution in [-0.2, 0) is 24.3 Å². The smallest absolute Gasteiger partial charge is 0.191 e. The number of aliphatic imine (C=N–C) groups is 1. The van der Waals surface area contributed by atoms with E-state index in [1.165, 1.54) is 0 Å². The van der Waals surface area contributed by atoms with Crippen LogP contribution in [0.4, 0.5) is 0 Å². The molecule has 1 aliphatic heterocycles. The average Bonchev–Trinajstić information content (AvgIpc) is 2.88. The fourth-order valence-electron chi connectivity index (χ4n) is 2.31. The summed E-state index contributed by atoms with van der Waals surface area (Å²) in [7, 11) is 3.40. The van der Waals surface area contributed by atoms with E-state index < -0.39 is 0 Å². The van der Waals surface area contributed by atoms with Gasteiger partial charge in [0.1, 0.15) is 12.4 Å². The molecule has 7 nitrogen and oxygen atoms in total. The van der Waals surface area contributed by atoms with E-state index in [1.807, 2.05) is 4.68 Å². The Labute approximate surface area is 148 Å². The van der Waals surface area contributed by atoms with E-state index in [1.54, 1.807) is 14.2 Å². The number of nitrogens with one attached hydrogen (secondary N) is 2. The number of halogens is 1. The van der Waals surface area contributed by atoms with E-state index in [0.29, 0.717) is 13.0 Å². The Kier molecular flexibility index (Phi) is 8.19. The van der Waals surface area contributed by atoms with Gasteiger partial charge in [-0.2, -0.15) is 5.10 Å². The maximum atomic E-state index is 5.24. The maximum absolute atomic E-state index is 5.24. The summed E-state index contributed by atoms with van der Waals surface area (Å²) < 4.78 is 7.02. The summed E-state index contributed by atoms with van der Waals surface area (Å²) in [6, 6.07) is 0.284. The Morgan fingerprint density at radius 3 is 3.09 bits per heavy atom. The summed E-state index contributed by atoms with van der Waals surface area (Å²) in [5, 5.41) is 11.0. The molecule has 22 heavy (non-hydrogen) atoms. The Morgan fingerprint density at radius 1 is 1.59 bits per heavy atom. The summed E-state index contributed by atoms with van der Waals surface area (Å²) in [5.74, 6) is 5.14. The van der Waals surface area contributed by atoms with E-state index in [0.717, 1.165) is 43.5 Å². The minimum absolute atomic E-state index is 0. The Balaban J connectivity index is 0.00000242. The lowest BCUT2D eigenvalue weighted by Crippen LogP contribution is -2.47. The summed E-state index contributed by atoms with van der Waals surface area (Å²) in [6.07, 6.45) is 7.82. The van der Waals surface area contributed by atoms with Crippen LogP contribution in [0.3, 0.4) is 0 Å². The monoisotopic (exact) mass is 418 g/mol. The molecule has 0 bridgehead atoms. The van der Waals surface area contributed by atoms with E-state index in [4.69, 9.17) is 11.2 Å². The molecule has 1 atom stereocenters. The minimum Gasteiger partial charge on any atom is -0.377 e. The molecule has 1 aliphatic rings. The molecule has 0 aliphatic carbocycles. The van der Waals surface area contributed by atoms with Crippen molar-refractivity contribution < 1.29 is 4.74 Å². The molecule has 0 radical (unpaired) electrons. The number of hydrogen-bond acceptors (Lipinski definition) is 4. The lowest BCUT2D eigenvalue weighted by molar-refractivity contribution is 0.177. The number of hydrogen-bond donors (Lipinski definition) is 2. The van der Waals surface area contributed by atoms with E-state index in [-0.39, 0.29) is 30.0 Å². The van der Waals surface area contributed by atoms with Crippen LogP contribution >= 0.6 is 24.0 Å². The second-order valence-corrected chi connectivity index (χ2v) is 4.89. The maximum Gasteiger partial charge on any atom is 0.191 e. The van der Waals surface area contributed by atoms with Crippen molar-refractivity contribution in [3.63, 3.8) is 0 Å². The van der Waals surface area contributed by atoms with Gasteiger partial charge in [-0.1, -0.05) is 0 Å². The summed E-state index contributed by atoms with van der Waals surface area (Å²) in [6.45, 7) is 1.95. The van der Waals surface area contributed by atoms with Gasteiger partial charge in [-0.05, 0) is 6.42 Å². The second kappa shape index (κ2) is 9.63. The van der Waals surface area contributed by atoms with Gasteiger partial charge in [-0.25, -0.2) is 9.67 Å². The third kappa shape index (κ3) is 5.14. The van der Waals surface area contributed by atoms with Gasteiger partial charge in [0.05, 0.1) is 6.54 Å². The van der Waals surface area contributed by atoms with Crippen LogP contribution in [-0.4, -0.2) is 47.5 Å². The quantitative estimate of drug-likeness (QED) is 0.240. The highest BCUT2D eigenvalue weighted by Gasteiger charge is 2.22. The first-order valence-corrected chi connectivity index (χ1v) is 7.09. The standard InChI is InChI=1S/C14H22N6O.HI/c1-4-5-8-16-14(15-2)17-11-6-7-13-18-12(10-21-3)19-20(13)9-11;/h1,11H,5-10H2,2-3H3,(H2,15,16,17);1H. The Hall–Kier alpha value is -1.34. The average molecular weight is 418 g/mol. The van der Waals surface area contributed by atoms with Gasteiger partial charge < -0.3 is 15.4 Å². The number of nitrogens with zero attached hydrogens (tertiary/aromatic N) is 4. The zero-order valence-corrected chi connectivity index (χ0v) is 15.3. The molecular weight excluding hydrogens is 395 g/mol. The number of methoxy groups -OCH3 is 1. The minimum atomic E-state index is 0. The van der Waals surface area contributed by atoms with Crippen molar-refractivity contribution in [3.8, 4) is 12.3 Å². The normalized spacial score (nSPS) is 17.1. The molecule has 2 rings (SSSR count). The molecular formula is C14H23IN6O. The first-order valence-electron chi connectivity index (χ1n) is 7.09. The summed E-state index contributed by atoms with van der Waals surface area (Å²) in [4.78, 5) is 8.67. The molecule has 122 valence electrons. The van der Waals surface area contributed by atoms with Gasteiger partial charge in [-0.15, -0.1) is 36.3 Å². The number of fused-ring (bicyclic) bond motifs is 1. The van der Waals surface area contributed by atoms with Crippen LogP contribution in [0.1, 0.15) is 24.5 Å². The van der Waals surface area contributed by atoms with E-state index in [9.17, 15) is 0 Å². The van der Waals surface area contributed by atoms with Crippen LogP contribution in [0.15, 0.2) is 4.99 Å². The lowest BCUT2D eigenvalue weighted by Gasteiger charge is -2.25. The molecule has 0 fully saturated rings. The molecule has 1 unspecified atom stereocenters. The molecule has 8 heteroatoms. The van der Waals surface area contributed by atoms with E-state index in [2.05, 4.69) is 31.6 Å². The SMILES string of the molecule is C#CCCNC(=NC)NC1CCc2nc(COC)nn2C1.I. The first kappa shape index (κ1) is 18.7. The van der Waals surface area contributed by atoms with Crippen LogP contribution in [0.25, 0.3) is 0 Å². The van der Waals surface area contributed by atoms with Crippen LogP contribution < -0.4 is 10.6 Å². The van der Waals surface area contributed by atoms with Crippen LogP contribution in [0.5, 0.6) is 0 Å². The highest BCUT2D eigenvalue weighted by atomic mass is 127. The fraction of sp³-hybridized carbons (Fsp3) is 0.643. The van der Waals surface area contributed by atoms with Crippen molar-refractivity contribution in [2.75, 3.05) is 20.7 Å². The predicted octanol–water partition coefficient (Wildman–Crippen LogP) is 0.546. The van der Waals surface area contributed by atoms with Gasteiger partial charge in [0, 0.05) is 39.6 Å². The Morgan fingerprint density at radius 2 is 2.41 bits per heavy atom. The van der Waals surface area contributed by atoms with Gasteiger partial charge in [-0.3, -0.25) is 4.99 Å². The predicted molar refractivity (Wildman–Crippen MR) is 96.2 cm³/mol. The van der Waals surface area contributed by atoms with Crippen molar-refractivity contribution in [2.24, 2.45) is 4.99 Å². The Bertz CT molecular complexity index is 536. The second-order valence-electron chi connectivity index (χ2n) is 4.89. The molecule has 1 aromatic heterocycles. The molecule has 1 aromatic rings. The highest BCUT2D eigenvalue weighted by molar-refractivity contribution is 14.0. The largest absolute Gasteiger partial charge is 0.377 e. The van der Waals surface area contributed by atoms with Gasteiger partial charge in [0.15, 0.2) is 11.8 Å². The molecule has 0 aromatic carbocycles. The molecule has 2 heterocycles. The zero-order chi connectivity index (χ0) is 15.1. The number of aryl methyl sites for hydroxylation is 1. The van der Waals surface area contributed by atoms with Crippen molar-refractivity contribution in [2.45, 2.75) is 38.5 Å². The summed E-state index contributed by atoms with van der Waals surface area (Å²) in [5.41, 5.74) is 0. The molecule has 0 spiro atoms. The molecule has 0 saturated carbocycles. The molecule has 0 saturated heterocycles. The van der Waals surface area contributed by atoms with Gasteiger partial charge >= 0.3 is 0 Å². The molecule has 0 amide bonds. The third-order valence-corrected chi connectivity index (χ3v) is 3.30. The number of guanidine groups is 1. The van der Waals surface area contributed by atoms with E-state index >= 15 is 0 Å². The van der Waals surface area contributed by atoms with Gasteiger partial charge in [0.25, 0.3) is 0 Å². The fourth-order valence-corrected chi connectivity index (χ4v) is 2.31. The molecule has 2 N–H and O–H groups in total. The van der Waals surface area contributed by atoms with Crippen molar-refractivity contribution >= 4 is 29.9 Å². The number of rotatable bonds is 5. The highest BCUT2D eigenvalue weighted by Crippen LogP contribution is 2.13. The summed E-state index contributed by atoms with van der Waals surface area (Å²) >= 11 is 0. The van der Waals surface area contributed by atoms with Crippen LogP contribution in [0, 0.1) is 12.3 Å². The van der Waals surface area contributed by atoms with Crippen molar-refractivity contribution in [3.05, 3.63) is 11.6 Å². The number of ether oxygens (including phenoxy) is 1. The van der Waals surface area contributed by atoms with Crippen LogP contribution in [0.2, 0.25) is 0 Å².